The Bertz CT molecular complexity index is 1390. The summed E-state index contributed by atoms with van der Waals surface area (Å²) in [7, 11) is 3.28. The summed E-state index contributed by atoms with van der Waals surface area (Å²) >= 11 is 0. The summed E-state index contributed by atoms with van der Waals surface area (Å²) in [5, 5.41) is 1.40. The third-order valence-electron chi connectivity index (χ3n) is 5.88. The highest BCUT2D eigenvalue weighted by atomic mass is 16.5. The largest absolute Gasteiger partial charge is 0.466 e. The minimum atomic E-state index is -0.404. The Hall–Kier alpha value is -3.60. The molecule has 0 aliphatic heterocycles. The number of hydrogen-bond acceptors (Lipinski definition) is 4. The number of hydrogen-bond donors (Lipinski definition) is 0. The average Bonchev–Trinajstić information content (AvgIpc) is 2.94. The lowest BCUT2D eigenvalue weighted by molar-refractivity contribution is -0.136. The Morgan fingerprint density at radius 1 is 1.03 bits per heavy atom. The van der Waals surface area contributed by atoms with Gasteiger partial charge in [0.1, 0.15) is 5.76 Å². The molecule has 4 aromatic rings. The number of carbonyl (C=O) groups is 1. The van der Waals surface area contributed by atoms with Crippen molar-refractivity contribution in [1.82, 2.24) is 4.57 Å². The SMILES string of the molecule is COC(=O)C1=C(c2ccccc2)c2c(oc3c(c2=O)c2ccccc2n3C)CCC1. The molecule has 5 rings (SSSR count). The summed E-state index contributed by atoms with van der Waals surface area (Å²) < 4.78 is 13.4. The van der Waals surface area contributed by atoms with Gasteiger partial charge < -0.3 is 13.7 Å². The van der Waals surface area contributed by atoms with Crippen molar-refractivity contribution in [2.75, 3.05) is 7.11 Å². The van der Waals surface area contributed by atoms with Crippen LogP contribution in [0.5, 0.6) is 0 Å². The number of aryl methyl sites for hydroxylation is 2. The van der Waals surface area contributed by atoms with E-state index in [4.69, 9.17) is 9.15 Å². The first-order chi connectivity index (χ1) is 14.6. The predicted octanol–water partition coefficient (Wildman–Crippen LogP) is 4.60. The molecule has 2 aromatic heterocycles. The molecule has 0 spiro atoms. The highest BCUT2D eigenvalue weighted by molar-refractivity contribution is 6.08. The minimum absolute atomic E-state index is 0.106. The van der Waals surface area contributed by atoms with E-state index in [1.165, 1.54) is 7.11 Å². The fourth-order valence-corrected chi connectivity index (χ4v) is 4.51. The number of para-hydroxylation sites is 1. The summed E-state index contributed by atoms with van der Waals surface area (Å²) in [5.41, 5.74) is 3.83. The Kier molecular flexibility index (Phi) is 4.31. The lowest BCUT2D eigenvalue weighted by Crippen LogP contribution is -2.15. The molecule has 0 amide bonds. The van der Waals surface area contributed by atoms with Crippen molar-refractivity contribution in [3.8, 4) is 0 Å². The van der Waals surface area contributed by atoms with Gasteiger partial charge in [0.25, 0.3) is 0 Å². The number of nitrogens with zero attached hydrogens (tertiary/aromatic N) is 1. The van der Waals surface area contributed by atoms with Gasteiger partial charge in [-0.3, -0.25) is 4.79 Å². The first-order valence-electron chi connectivity index (χ1n) is 10.0. The van der Waals surface area contributed by atoms with Crippen molar-refractivity contribution in [3.05, 3.63) is 87.3 Å². The molecule has 0 bridgehead atoms. The number of aromatic nitrogens is 1. The van der Waals surface area contributed by atoms with Gasteiger partial charge in [0.15, 0.2) is 0 Å². The van der Waals surface area contributed by atoms with Crippen molar-refractivity contribution in [1.29, 1.82) is 0 Å². The van der Waals surface area contributed by atoms with E-state index in [9.17, 15) is 9.59 Å². The minimum Gasteiger partial charge on any atom is -0.466 e. The van der Waals surface area contributed by atoms with E-state index < -0.39 is 5.97 Å². The van der Waals surface area contributed by atoms with Crippen LogP contribution in [0.1, 0.15) is 29.7 Å². The molecular weight excluding hydrogens is 378 g/mol. The molecule has 0 saturated heterocycles. The molecule has 30 heavy (non-hydrogen) atoms. The quantitative estimate of drug-likeness (QED) is 0.462. The summed E-state index contributed by atoms with van der Waals surface area (Å²) in [5.74, 6) is 0.218. The summed E-state index contributed by atoms with van der Waals surface area (Å²) in [6.45, 7) is 0. The molecule has 2 heterocycles. The van der Waals surface area contributed by atoms with Crippen LogP contribution < -0.4 is 5.43 Å². The molecule has 5 heteroatoms. The van der Waals surface area contributed by atoms with Crippen LogP contribution in [-0.4, -0.2) is 17.6 Å². The Morgan fingerprint density at radius 3 is 2.53 bits per heavy atom. The van der Waals surface area contributed by atoms with E-state index in [1.54, 1.807) is 0 Å². The van der Waals surface area contributed by atoms with Crippen molar-refractivity contribution in [2.45, 2.75) is 19.3 Å². The van der Waals surface area contributed by atoms with Gasteiger partial charge in [0.05, 0.1) is 23.6 Å². The van der Waals surface area contributed by atoms with Gasteiger partial charge in [-0.1, -0.05) is 48.5 Å². The highest BCUT2D eigenvalue weighted by Crippen LogP contribution is 2.37. The molecule has 0 unspecified atom stereocenters. The third kappa shape index (κ3) is 2.62. The van der Waals surface area contributed by atoms with Gasteiger partial charge in [-0.2, -0.15) is 0 Å². The molecule has 0 fully saturated rings. The second-order valence-electron chi connectivity index (χ2n) is 7.55. The smallest absolute Gasteiger partial charge is 0.334 e. The van der Waals surface area contributed by atoms with E-state index in [-0.39, 0.29) is 5.43 Å². The molecule has 0 radical (unpaired) electrons. The zero-order valence-corrected chi connectivity index (χ0v) is 16.9. The zero-order chi connectivity index (χ0) is 20.8. The number of ether oxygens (including phenoxy) is 1. The van der Waals surface area contributed by atoms with Crippen LogP contribution in [0.15, 0.2) is 69.4 Å². The van der Waals surface area contributed by atoms with E-state index >= 15 is 0 Å². The second-order valence-corrected chi connectivity index (χ2v) is 7.55. The molecule has 0 saturated carbocycles. The van der Waals surface area contributed by atoms with Gasteiger partial charge in [-0.05, 0) is 24.5 Å². The monoisotopic (exact) mass is 399 g/mol. The van der Waals surface area contributed by atoms with Crippen LogP contribution in [0.3, 0.4) is 0 Å². The Labute approximate surface area is 173 Å². The maximum atomic E-state index is 13.9. The van der Waals surface area contributed by atoms with Crippen LogP contribution in [0.25, 0.3) is 27.6 Å². The first-order valence-corrected chi connectivity index (χ1v) is 10.0. The fourth-order valence-electron chi connectivity index (χ4n) is 4.51. The topological polar surface area (TPSA) is 61.4 Å². The first kappa shape index (κ1) is 18.4. The van der Waals surface area contributed by atoms with E-state index in [0.29, 0.717) is 52.8 Å². The molecule has 1 aliphatic rings. The van der Waals surface area contributed by atoms with Crippen LogP contribution in [-0.2, 0) is 23.0 Å². The maximum absolute atomic E-state index is 13.9. The van der Waals surface area contributed by atoms with Gasteiger partial charge in [0, 0.05) is 30.0 Å². The van der Waals surface area contributed by atoms with Crippen molar-refractivity contribution in [3.63, 3.8) is 0 Å². The number of carbonyl (C=O) groups excluding carboxylic acids is 1. The van der Waals surface area contributed by atoms with Gasteiger partial charge in [0.2, 0.25) is 11.1 Å². The summed E-state index contributed by atoms with van der Waals surface area (Å²) in [4.78, 5) is 26.6. The molecule has 2 aromatic carbocycles. The predicted molar refractivity (Wildman–Crippen MR) is 116 cm³/mol. The summed E-state index contributed by atoms with van der Waals surface area (Å²) in [6, 6.07) is 17.3. The van der Waals surface area contributed by atoms with Gasteiger partial charge >= 0.3 is 5.97 Å². The lowest BCUT2D eigenvalue weighted by atomic mass is 9.91. The van der Waals surface area contributed by atoms with Crippen molar-refractivity contribution in [2.24, 2.45) is 7.05 Å². The normalized spacial score (nSPS) is 14.1. The van der Waals surface area contributed by atoms with Crippen LogP contribution in [0.4, 0.5) is 0 Å². The third-order valence-corrected chi connectivity index (χ3v) is 5.88. The number of rotatable bonds is 2. The standard InChI is InChI=1S/C25H21NO4/c1-26-18-13-7-6-11-16(18)21-23(27)22-19(30-24(21)26)14-8-12-17(25(28)29-2)20(22)15-9-4-3-5-10-15/h3-7,9-11,13H,8,12,14H2,1-2H3. The molecule has 0 N–H and O–H groups in total. The van der Waals surface area contributed by atoms with Crippen molar-refractivity contribution < 1.29 is 13.9 Å². The number of esters is 1. The van der Waals surface area contributed by atoms with Crippen LogP contribution in [0, 0.1) is 0 Å². The molecular formula is C25H21NO4. The van der Waals surface area contributed by atoms with Gasteiger partial charge in [-0.15, -0.1) is 0 Å². The second kappa shape index (κ2) is 7.02. The van der Waals surface area contributed by atoms with Crippen molar-refractivity contribution >= 4 is 33.5 Å². The van der Waals surface area contributed by atoms with Gasteiger partial charge in [-0.25, -0.2) is 4.79 Å². The molecule has 150 valence electrons. The fraction of sp³-hybridized carbons (Fsp3) is 0.200. The number of benzene rings is 2. The maximum Gasteiger partial charge on any atom is 0.334 e. The van der Waals surface area contributed by atoms with E-state index in [2.05, 4.69) is 0 Å². The van der Waals surface area contributed by atoms with Crippen LogP contribution >= 0.6 is 0 Å². The summed E-state index contributed by atoms with van der Waals surface area (Å²) in [6.07, 6.45) is 1.81. The number of methoxy groups -OCH3 is 1. The Morgan fingerprint density at radius 2 is 1.77 bits per heavy atom. The van der Waals surface area contributed by atoms with Crippen LogP contribution in [0.2, 0.25) is 0 Å². The molecule has 1 aliphatic carbocycles. The molecule has 5 nitrogen and oxygen atoms in total. The Balaban J connectivity index is 1.96. The highest BCUT2D eigenvalue weighted by Gasteiger charge is 2.29. The molecule has 0 atom stereocenters. The average molecular weight is 399 g/mol. The van der Waals surface area contributed by atoms with E-state index in [0.717, 1.165) is 16.5 Å². The number of fused-ring (bicyclic) bond motifs is 4. The lowest BCUT2D eigenvalue weighted by Gasteiger charge is -2.14. The zero-order valence-electron chi connectivity index (χ0n) is 16.9. The van der Waals surface area contributed by atoms with E-state index in [1.807, 2.05) is 66.2 Å².